The Kier molecular flexibility index (Phi) is 6.34. The first-order valence-electron chi connectivity index (χ1n) is 9.38. The third-order valence-electron chi connectivity index (χ3n) is 4.59. The zero-order valence-corrected chi connectivity index (χ0v) is 16.9. The van der Waals surface area contributed by atoms with Crippen LogP contribution in [-0.4, -0.2) is 30.8 Å². The molecule has 6 heteroatoms. The second kappa shape index (κ2) is 9.10. The molecule has 0 aliphatic carbocycles. The first kappa shape index (κ1) is 20.2. The fraction of sp³-hybridized carbons (Fsp3) is 0.217. The van der Waals surface area contributed by atoms with Crippen LogP contribution in [-0.2, 0) is 17.9 Å². The minimum absolute atomic E-state index is 0.0106. The highest BCUT2D eigenvalue weighted by Gasteiger charge is 2.16. The Morgan fingerprint density at radius 1 is 0.966 bits per heavy atom. The minimum atomic E-state index is -0.314. The number of benzene rings is 2. The quantitative estimate of drug-likeness (QED) is 0.657. The molecule has 0 saturated heterocycles. The maximum Gasteiger partial charge on any atom is 0.291 e. The number of hydrogen-bond donors (Lipinski definition) is 1. The van der Waals surface area contributed by atoms with Gasteiger partial charge in [0.1, 0.15) is 0 Å². The minimum Gasteiger partial charge on any atom is -0.459 e. The van der Waals surface area contributed by atoms with E-state index >= 15 is 0 Å². The summed E-state index contributed by atoms with van der Waals surface area (Å²) in [7, 11) is 3.91. The molecule has 0 aliphatic heterocycles. The molecule has 29 heavy (non-hydrogen) atoms. The van der Waals surface area contributed by atoms with E-state index in [0.717, 1.165) is 16.8 Å². The van der Waals surface area contributed by atoms with Gasteiger partial charge in [0.05, 0.1) is 6.26 Å². The van der Waals surface area contributed by atoms with Gasteiger partial charge in [-0.3, -0.25) is 9.59 Å². The van der Waals surface area contributed by atoms with Crippen LogP contribution in [0.1, 0.15) is 28.6 Å². The van der Waals surface area contributed by atoms with Gasteiger partial charge in [0, 0.05) is 45.5 Å². The van der Waals surface area contributed by atoms with E-state index in [0.29, 0.717) is 18.8 Å². The van der Waals surface area contributed by atoms with Gasteiger partial charge in [0.15, 0.2) is 5.76 Å². The van der Waals surface area contributed by atoms with Crippen LogP contribution in [0, 0.1) is 0 Å². The molecule has 0 unspecified atom stereocenters. The van der Waals surface area contributed by atoms with Gasteiger partial charge in [-0.05, 0) is 41.5 Å². The number of carbonyl (C=O) groups is 2. The lowest BCUT2D eigenvalue weighted by atomic mass is 10.1. The Morgan fingerprint density at radius 2 is 1.72 bits per heavy atom. The second-order valence-electron chi connectivity index (χ2n) is 7.03. The summed E-state index contributed by atoms with van der Waals surface area (Å²) in [5.74, 6) is -0.0764. The van der Waals surface area contributed by atoms with Gasteiger partial charge >= 0.3 is 0 Å². The zero-order valence-electron chi connectivity index (χ0n) is 16.9. The average molecular weight is 391 g/mol. The Balaban J connectivity index is 1.84. The fourth-order valence-corrected chi connectivity index (χ4v) is 3.11. The number of anilines is 2. The molecule has 150 valence electrons. The summed E-state index contributed by atoms with van der Waals surface area (Å²) in [6.45, 7) is 2.52. The van der Waals surface area contributed by atoms with Crippen LogP contribution in [0.4, 0.5) is 11.4 Å². The topological polar surface area (TPSA) is 65.8 Å². The summed E-state index contributed by atoms with van der Waals surface area (Å²) in [5, 5.41) is 2.85. The smallest absolute Gasteiger partial charge is 0.291 e. The van der Waals surface area contributed by atoms with Gasteiger partial charge in [-0.25, -0.2) is 0 Å². The molecule has 2 amide bonds. The van der Waals surface area contributed by atoms with E-state index < -0.39 is 0 Å². The van der Waals surface area contributed by atoms with E-state index in [1.54, 1.807) is 24.0 Å². The number of amides is 2. The molecule has 0 fully saturated rings. The summed E-state index contributed by atoms with van der Waals surface area (Å²) < 4.78 is 5.15. The van der Waals surface area contributed by atoms with Crippen LogP contribution in [0.3, 0.4) is 0 Å². The van der Waals surface area contributed by atoms with Crippen LogP contribution in [0.5, 0.6) is 0 Å². The summed E-state index contributed by atoms with van der Waals surface area (Å²) in [5.41, 5.74) is 3.64. The van der Waals surface area contributed by atoms with Gasteiger partial charge in [-0.15, -0.1) is 0 Å². The van der Waals surface area contributed by atoms with Gasteiger partial charge in [-0.1, -0.05) is 30.3 Å². The van der Waals surface area contributed by atoms with E-state index in [4.69, 9.17) is 4.42 Å². The van der Waals surface area contributed by atoms with E-state index in [9.17, 15) is 9.59 Å². The van der Waals surface area contributed by atoms with Gasteiger partial charge < -0.3 is 19.5 Å². The van der Waals surface area contributed by atoms with Crippen LogP contribution in [0.2, 0.25) is 0 Å². The molecule has 0 radical (unpaired) electrons. The standard InChI is InChI=1S/C23H25N3O3/c1-17(27)26(15-18-8-5-4-6-9-18)16-19-14-20(11-12-21(19)25(2)3)24-23(28)22-10-7-13-29-22/h4-14H,15-16H2,1-3H3,(H,24,28). The highest BCUT2D eigenvalue weighted by molar-refractivity contribution is 6.02. The second-order valence-corrected chi connectivity index (χ2v) is 7.03. The highest BCUT2D eigenvalue weighted by atomic mass is 16.3. The fourth-order valence-electron chi connectivity index (χ4n) is 3.11. The monoisotopic (exact) mass is 391 g/mol. The molecular formula is C23H25N3O3. The van der Waals surface area contributed by atoms with Crippen molar-refractivity contribution in [2.45, 2.75) is 20.0 Å². The van der Waals surface area contributed by atoms with Crippen LogP contribution < -0.4 is 10.2 Å². The molecule has 3 rings (SSSR count). The van der Waals surface area contributed by atoms with E-state index in [1.165, 1.54) is 6.26 Å². The van der Waals surface area contributed by atoms with Crippen molar-refractivity contribution in [1.29, 1.82) is 0 Å². The molecule has 1 heterocycles. The largest absolute Gasteiger partial charge is 0.459 e. The molecule has 0 atom stereocenters. The molecule has 0 bridgehead atoms. The van der Waals surface area contributed by atoms with E-state index in [2.05, 4.69) is 5.32 Å². The summed E-state index contributed by atoms with van der Waals surface area (Å²) in [6, 6.07) is 18.8. The predicted octanol–water partition coefficient (Wildman–Crippen LogP) is 4.15. The average Bonchev–Trinajstić information content (AvgIpc) is 3.23. The van der Waals surface area contributed by atoms with Crippen molar-refractivity contribution in [1.82, 2.24) is 4.90 Å². The van der Waals surface area contributed by atoms with Crippen molar-refractivity contribution in [3.63, 3.8) is 0 Å². The van der Waals surface area contributed by atoms with E-state index in [1.807, 2.05) is 67.5 Å². The zero-order chi connectivity index (χ0) is 20.8. The van der Waals surface area contributed by atoms with E-state index in [-0.39, 0.29) is 17.6 Å². The summed E-state index contributed by atoms with van der Waals surface area (Å²) in [6.07, 6.45) is 1.46. The number of furan rings is 1. The van der Waals surface area contributed by atoms with Crippen molar-refractivity contribution in [3.05, 3.63) is 83.8 Å². The third kappa shape index (κ3) is 5.25. The summed E-state index contributed by atoms with van der Waals surface area (Å²) in [4.78, 5) is 28.4. The molecule has 0 spiro atoms. The Morgan fingerprint density at radius 3 is 2.34 bits per heavy atom. The lowest BCUT2D eigenvalue weighted by Crippen LogP contribution is -2.28. The van der Waals surface area contributed by atoms with Crippen molar-refractivity contribution < 1.29 is 14.0 Å². The first-order valence-corrected chi connectivity index (χ1v) is 9.38. The van der Waals surface area contributed by atoms with Crippen molar-refractivity contribution in [2.24, 2.45) is 0 Å². The van der Waals surface area contributed by atoms with Crippen LogP contribution in [0.15, 0.2) is 71.3 Å². The molecule has 0 aliphatic rings. The highest BCUT2D eigenvalue weighted by Crippen LogP contribution is 2.25. The molecular weight excluding hydrogens is 366 g/mol. The van der Waals surface area contributed by atoms with Gasteiger partial charge in [0.2, 0.25) is 5.91 Å². The molecule has 2 aromatic carbocycles. The number of nitrogens with zero attached hydrogens (tertiary/aromatic N) is 2. The number of rotatable bonds is 7. The normalized spacial score (nSPS) is 10.4. The maximum absolute atomic E-state index is 12.3. The van der Waals surface area contributed by atoms with Crippen LogP contribution >= 0.6 is 0 Å². The van der Waals surface area contributed by atoms with Crippen molar-refractivity contribution >= 4 is 23.2 Å². The number of carbonyl (C=O) groups excluding carboxylic acids is 2. The Hall–Kier alpha value is -3.54. The van der Waals surface area contributed by atoms with Crippen molar-refractivity contribution in [2.75, 3.05) is 24.3 Å². The summed E-state index contributed by atoms with van der Waals surface area (Å²) >= 11 is 0. The predicted molar refractivity (Wildman–Crippen MR) is 114 cm³/mol. The molecule has 1 aromatic heterocycles. The molecule has 3 aromatic rings. The van der Waals surface area contributed by atoms with Gasteiger partial charge in [0.25, 0.3) is 5.91 Å². The lowest BCUT2D eigenvalue weighted by Gasteiger charge is -2.25. The molecule has 1 N–H and O–H groups in total. The van der Waals surface area contributed by atoms with Gasteiger partial charge in [-0.2, -0.15) is 0 Å². The lowest BCUT2D eigenvalue weighted by molar-refractivity contribution is -0.130. The molecule has 0 saturated carbocycles. The number of nitrogens with one attached hydrogen (secondary N) is 1. The maximum atomic E-state index is 12.3. The Bertz CT molecular complexity index is 966. The number of hydrogen-bond acceptors (Lipinski definition) is 4. The SMILES string of the molecule is CC(=O)N(Cc1ccccc1)Cc1cc(NC(=O)c2ccco2)ccc1N(C)C. The van der Waals surface area contributed by atoms with Crippen molar-refractivity contribution in [3.8, 4) is 0 Å². The van der Waals surface area contributed by atoms with Crippen LogP contribution in [0.25, 0.3) is 0 Å². The first-order chi connectivity index (χ1) is 13.9. The molecule has 6 nitrogen and oxygen atoms in total. The Labute approximate surface area is 170 Å². The third-order valence-corrected chi connectivity index (χ3v) is 4.59.